The molecule has 3 heterocycles. The first kappa shape index (κ1) is 28.0. The lowest BCUT2D eigenvalue weighted by atomic mass is 9.97. The molecule has 0 amide bonds. The first-order valence-electron chi connectivity index (χ1n) is 21.6. The summed E-state index contributed by atoms with van der Waals surface area (Å²) in [6.07, 6.45) is 0. The van der Waals surface area contributed by atoms with Gasteiger partial charge in [-0.2, -0.15) is 0 Å². The third kappa shape index (κ3) is 5.11. The molecule has 12 aromatic rings. The van der Waals surface area contributed by atoms with Crippen molar-refractivity contribution in [2.75, 3.05) is 0 Å². The summed E-state index contributed by atoms with van der Waals surface area (Å²) >= 11 is 1.67. The number of hydrogen-bond acceptors (Lipinski definition) is 4. The summed E-state index contributed by atoms with van der Waals surface area (Å²) in [5.41, 5.74) is 6.59. The Kier molecular flexibility index (Phi) is 6.30. The quantitative estimate of drug-likeness (QED) is 0.164. The zero-order chi connectivity index (χ0) is 42.5. The minimum atomic E-state index is -0.483. The molecular weight excluding hydrogens is 725 g/mol. The molecule has 0 bridgehead atoms. The van der Waals surface area contributed by atoms with Crippen molar-refractivity contribution in [3.8, 4) is 51.0 Å². The van der Waals surface area contributed by atoms with E-state index in [9.17, 15) is 0 Å². The second kappa shape index (κ2) is 13.1. The van der Waals surface area contributed by atoms with Crippen LogP contribution in [-0.2, 0) is 0 Å². The van der Waals surface area contributed by atoms with Crippen LogP contribution in [0.2, 0.25) is 0 Å². The summed E-state index contributed by atoms with van der Waals surface area (Å²) in [5.74, 6) is 0.635. The smallest absolute Gasteiger partial charge is 0.165 e. The number of hydrogen-bond donors (Lipinski definition) is 0. The Bertz CT molecular complexity index is 3800. The van der Waals surface area contributed by atoms with E-state index in [4.69, 9.17) is 21.8 Å². The predicted octanol–water partition coefficient (Wildman–Crippen LogP) is 14.3. The highest BCUT2D eigenvalue weighted by atomic mass is 32.1. The van der Waals surface area contributed by atoms with Gasteiger partial charge in [0.2, 0.25) is 0 Å². The van der Waals surface area contributed by atoms with Gasteiger partial charge in [-0.05, 0) is 51.6 Å². The third-order valence-corrected chi connectivity index (χ3v) is 12.4. The van der Waals surface area contributed by atoms with Crippen molar-refractivity contribution in [2.24, 2.45) is 0 Å². The van der Waals surface area contributed by atoms with E-state index < -0.39 is 18.1 Å². The summed E-state index contributed by atoms with van der Waals surface area (Å²) in [4.78, 5) is 15.5. The summed E-state index contributed by atoms with van der Waals surface area (Å²) in [5, 5.41) is 8.37. The van der Waals surface area contributed by atoms with Gasteiger partial charge in [-0.3, -0.25) is 0 Å². The van der Waals surface area contributed by atoms with Gasteiger partial charge in [0.25, 0.3) is 0 Å². The number of thiophene rings is 1. The normalized spacial score (nSPS) is 13.0. The second-order valence-electron chi connectivity index (χ2n) is 14.4. The van der Waals surface area contributed by atoms with Gasteiger partial charge in [-0.25, -0.2) is 15.0 Å². The van der Waals surface area contributed by atoms with Gasteiger partial charge >= 0.3 is 0 Å². The number of para-hydroxylation sites is 2. The first-order valence-corrected chi connectivity index (χ1v) is 19.9. The van der Waals surface area contributed by atoms with E-state index in [0.717, 1.165) is 91.5 Å². The maximum absolute atomic E-state index is 9.08. The third-order valence-electron chi connectivity index (χ3n) is 11.1. The van der Waals surface area contributed by atoms with Crippen molar-refractivity contribution < 1.29 is 6.85 Å². The van der Waals surface area contributed by atoms with Crippen molar-refractivity contribution >= 4 is 74.9 Å². The van der Waals surface area contributed by atoms with Crippen LogP contribution in [0.25, 0.3) is 115 Å². The molecule has 0 aliphatic heterocycles. The average Bonchev–Trinajstić information content (AvgIpc) is 3.88. The lowest BCUT2D eigenvalue weighted by molar-refractivity contribution is 1.08. The van der Waals surface area contributed by atoms with E-state index in [2.05, 4.69) is 138 Å². The van der Waals surface area contributed by atoms with Gasteiger partial charge in [0.15, 0.2) is 17.5 Å². The molecule has 0 saturated heterocycles. The number of aromatic nitrogens is 4. The van der Waals surface area contributed by atoms with Gasteiger partial charge in [0.1, 0.15) is 0 Å². The van der Waals surface area contributed by atoms with Crippen LogP contribution in [0.4, 0.5) is 0 Å². The molecule has 0 saturated carbocycles. The summed E-state index contributed by atoms with van der Waals surface area (Å²) < 4.78 is 48.2. The molecule has 0 aliphatic rings. The van der Waals surface area contributed by atoms with Gasteiger partial charge in [0, 0.05) is 58.7 Å². The number of nitrogens with zero attached hydrogens (tertiary/aromatic N) is 4. The van der Waals surface area contributed by atoms with Crippen molar-refractivity contribution in [3.05, 3.63) is 194 Å². The molecule has 0 fully saturated rings. The maximum Gasteiger partial charge on any atom is 0.165 e. The van der Waals surface area contributed by atoms with Crippen LogP contribution >= 0.6 is 11.3 Å². The van der Waals surface area contributed by atoms with Crippen LogP contribution < -0.4 is 0 Å². The molecular formula is C53H32N4S. The van der Waals surface area contributed by atoms with E-state index in [1.54, 1.807) is 11.3 Å². The lowest BCUT2D eigenvalue weighted by Gasteiger charge is -2.14. The fourth-order valence-corrected chi connectivity index (χ4v) is 9.89. The maximum atomic E-state index is 9.08. The Labute approximate surface area is 345 Å². The Balaban J connectivity index is 1.23. The van der Waals surface area contributed by atoms with Crippen molar-refractivity contribution in [2.45, 2.75) is 0 Å². The second-order valence-corrected chi connectivity index (χ2v) is 15.4. The summed E-state index contributed by atoms with van der Waals surface area (Å²) in [6, 6.07) is 54.2. The van der Waals surface area contributed by atoms with E-state index in [1.165, 1.54) is 0 Å². The molecule has 0 aliphatic carbocycles. The van der Waals surface area contributed by atoms with E-state index in [0.29, 0.717) is 11.6 Å². The molecule has 0 atom stereocenters. The van der Waals surface area contributed by atoms with Crippen molar-refractivity contribution in [1.82, 2.24) is 19.5 Å². The van der Waals surface area contributed by atoms with Crippen LogP contribution in [-0.4, -0.2) is 19.5 Å². The Hall–Kier alpha value is -7.47. The topological polar surface area (TPSA) is 43.6 Å². The summed E-state index contributed by atoms with van der Waals surface area (Å²) in [6.45, 7) is 0. The molecule has 9 aromatic carbocycles. The highest BCUT2D eigenvalue weighted by Crippen LogP contribution is 2.46. The average molecular weight is 762 g/mol. The fourth-order valence-electron chi connectivity index (χ4n) is 8.56. The molecule has 270 valence electrons. The lowest BCUT2D eigenvalue weighted by Crippen LogP contribution is -2.02. The van der Waals surface area contributed by atoms with Crippen LogP contribution in [0.15, 0.2) is 194 Å². The molecule has 4 nitrogen and oxygen atoms in total. The highest BCUT2D eigenvalue weighted by molar-refractivity contribution is 7.26. The predicted molar refractivity (Wildman–Crippen MR) is 244 cm³/mol. The monoisotopic (exact) mass is 761 g/mol. The van der Waals surface area contributed by atoms with Crippen molar-refractivity contribution in [3.63, 3.8) is 0 Å². The zero-order valence-electron chi connectivity index (χ0n) is 35.8. The molecule has 0 spiro atoms. The number of rotatable bonds is 5. The fraction of sp³-hybridized carbons (Fsp3) is 0. The van der Waals surface area contributed by atoms with Gasteiger partial charge in [0.05, 0.1) is 17.9 Å². The SMILES string of the molecule is [2H]c1c([2H])c([2H])c(-c2nc(-c3cc(-n4c5ccccc5c5ccccc54)cc4c3sc3c(-c5ccccc5)cccc34)nc(-c3cccc4ccc5ccccc5c34)n2)c([2H])c1[2H]. The molecule has 0 unspecified atom stereocenters. The molecule has 5 heteroatoms. The number of fused-ring (bicyclic) bond motifs is 9. The first-order chi connectivity index (χ1) is 30.8. The molecule has 0 N–H and O–H groups in total. The highest BCUT2D eigenvalue weighted by Gasteiger charge is 2.22. The van der Waals surface area contributed by atoms with Gasteiger partial charge in [-0.15, -0.1) is 11.3 Å². The molecule has 58 heavy (non-hydrogen) atoms. The van der Waals surface area contributed by atoms with Crippen LogP contribution in [0, 0.1) is 0 Å². The van der Waals surface area contributed by atoms with E-state index >= 15 is 0 Å². The van der Waals surface area contributed by atoms with Gasteiger partial charge < -0.3 is 4.57 Å². The van der Waals surface area contributed by atoms with E-state index in [1.807, 2.05) is 30.3 Å². The Morgan fingerprint density at radius 1 is 0.414 bits per heavy atom. The molecule has 3 aromatic heterocycles. The minimum Gasteiger partial charge on any atom is -0.309 e. The standard InChI is InChI=1S/C53H32N4S/c1-3-15-33(16-4-1)39-24-14-25-42-44-31-37(57-46-27-11-9-22-40(46)41-23-10-12-28-47(41)57)32-45(50(44)58-49(39)42)53-55-51(36-18-5-2-6-19-36)54-52(56-53)43-26-13-20-35-30-29-34-17-7-8-21-38(34)48(35)43/h1-32H/i2D,5D,6D,18D,19D. The van der Waals surface area contributed by atoms with E-state index in [-0.39, 0.29) is 23.5 Å². The summed E-state index contributed by atoms with van der Waals surface area (Å²) in [7, 11) is 0. The Morgan fingerprint density at radius 3 is 1.79 bits per heavy atom. The molecule has 12 rings (SSSR count). The molecule has 0 radical (unpaired) electrons. The Morgan fingerprint density at radius 2 is 1.00 bits per heavy atom. The van der Waals surface area contributed by atoms with Crippen molar-refractivity contribution in [1.29, 1.82) is 0 Å². The zero-order valence-corrected chi connectivity index (χ0v) is 31.6. The largest absolute Gasteiger partial charge is 0.309 e. The number of benzene rings is 9. The van der Waals surface area contributed by atoms with Crippen LogP contribution in [0.1, 0.15) is 6.85 Å². The van der Waals surface area contributed by atoms with Gasteiger partial charge in [-0.1, -0.05) is 170 Å². The van der Waals surface area contributed by atoms with Crippen LogP contribution in [0.5, 0.6) is 0 Å². The van der Waals surface area contributed by atoms with Crippen LogP contribution in [0.3, 0.4) is 0 Å². The minimum absolute atomic E-state index is 0.00857.